The van der Waals surface area contributed by atoms with Crippen molar-refractivity contribution in [3.05, 3.63) is 24.0 Å². The van der Waals surface area contributed by atoms with E-state index in [-0.39, 0.29) is 12.6 Å². The van der Waals surface area contributed by atoms with Gasteiger partial charge in [-0.3, -0.25) is 0 Å². The summed E-state index contributed by atoms with van der Waals surface area (Å²) in [5.41, 5.74) is 0.857. The summed E-state index contributed by atoms with van der Waals surface area (Å²) in [6.45, 7) is 3.79. The smallest absolute Gasteiger partial charge is 0.138 e. The first-order chi connectivity index (χ1) is 8.63. The number of aliphatic hydroxyl groups excluding tert-OH is 1. The zero-order chi connectivity index (χ0) is 13.1. The molecule has 0 aliphatic heterocycles. The van der Waals surface area contributed by atoms with E-state index in [1.165, 1.54) is 0 Å². The Morgan fingerprint density at radius 3 is 2.83 bits per heavy atom. The predicted molar refractivity (Wildman–Crippen MR) is 71.0 cm³/mol. The van der Waals surface area contributed by atoms with Crippen molar-refractivity contribution in [1.82, 2.24) is 9.97 Å². The van der Waals surface area contributed by atoms with Gasteiger partial charge in [0.25, 0.3) is 0 Å². The molecule has 5 heteroatoms. The van der Waals surface area contributed by atoms with E-state index in [1.54, 1.807) is 7.11 Å². The zero-order valence-electron chi connectivity index (χ0n) is 10.8. The second-order valence-electron chi connectivity index (χ2n) is 4.23. The van der Waals surface area contributed by atoms with Crippen LogP contribution in [0.5, 0.6) is 5.75 Å². The molecule has 2 rings (SSSR count). The molecule has 2 N–H and O–H groups in total. The number of ether oxygens (including phenoxy) is 1. The lowest BCUT2D eigenvalue weighted by Crippen LogP contribution is -2.20. The molecule has 0 fully saturated rings. The molecule has 5 nitrogen and oxygen atoms in total. The lowest BCUT2D eigenvalue weighted by atomic mass is 10.2. The fourth-order valence-electron chi connectivity index (χ4n) is 1.74. The summed E-state index contributed by atoms with van der Waals surface area (Å²) in [6, 6.07) is 5.60. The lowest BCUT2D eigenvalue weighted by molar-refractivity contribution is 0.281. The van der Waals surface area contributed by atoms with Crippen molar-refractivity contribution in [3.63, 3.8) is 0 Å². The molecule has 1 aromatic carbocycles. The third kappa shape index (κ3) is 2.51. The number of anilines is 1. The number of hydrogen-bond acceptors (Lipinski definition) is 5. The van der Waals surface area contributed by atoms with E-state index >= 15 is 0 Å². The van der Waals surface area contributed by atoms with E-state index in [0.29, 0.717) is 5.82 Å². The first kappa shape index (κ1) is 12.6. The van der Waals surface area contributed by atoms with Crippen LogP contribution in [0.2, 0.25) is 0 Å². The number of rotatable bonds is 4. The number of aromatic nitrogens is 2. The number of aliphatic hydroxyl groups is 1. The van der Waals surface area contributed by atoms with Gasteiger partial charge in [-0.05, 0) is 32.0 Å². The third-order valence-corrected chi connectivity index (χ3v) is 2.67. The number of methoxy groups -OCH3 is 1. The Morgan fingerprint density at radius 1 is 1.39 bits per heavy atom. The summed E-state index contributed by atoms with van der Waals surface area (Å²) < 4.78 is 5.21. The highest BCUT2D eigenvalue weighted by Crippen LogP contribution is 2.25. The Labute approximate surface area is 106 Å². The molecule has 0 unspecified atom stereocenters. The van der Waals surface area contributed by atoms with Crippen molar-refractivity contribution in [2.24, 2.45) is 0 Å². The van der Waals surface area contributed by atoms with E-state index in [2.05, 4.69) is 15.3 Å². The summed E-state index contributed by atoms with van der Waals surface area (Å²) in [7, 11) is 1.62. The maximum atomic E-state index is 9.11. The van der Waals surface area contributed by atoms with Crippen molar-refractivity contribution in [2.75, 3.05) is 19.0 Å². The fourth-order valence-corrected chi connectivity index (χ4v) is 1.74. The Balaban J connectivity index is 2.54. The second-order valence-corrected chi connectivity index (χ2v) is 4.23. The maximum absolute atomic E-state index is 9.11. The molecule has 0 aliphatic rings. The van der Waals surface area contributed by atoms with Crippen LogP contribution in [0.15, 0.2) is 18.2 Å². The number of hydrogen-bond donors (Lipinski definition) is 2. The van der Waals surface area contributed by atoms with Gasteiger partial charge in [0.1, 0.15) is 17.4 Å². The lowest BCUT2D eigenvalue weighted by Gasteiger charge is -2.14. The molecule has 1 aromatic heterocycles. The van der Waals surface area contributed by atoms with E-state index in [0.717, 1.165) is 22.5 Å². The van der Waals surface area contributed by atoms with Crippen LogP contribution in [-0.4, -0.2) is 34.8 Å². The van der Waals surface area contributed by atoms with Gasteiger partial charge in [0.15, 0.2) is 0 Å². The van der Waals surface area contributed by atoms with Crippen LogP contribution in [-0.2, 0) is 0 Å². The molecule has 0 radical (unpaired) electrons. The molecule has 0 amide bonds. The summed E-state index contributed by atoms with van der Waals surface area (Å²) in [4.78, 5) is 8.75. The largest absolute Gasteiger partial charge is 0.497 e. The van der Waals surface area contributed by atoms with Gasteiger partial charge in [-0.1, -0.05) is 0 Å². The molecular formula is C13H17N3O2. The summed E-state index contributed by atoms with van der Waals surface area (Å²) in [5, 5.41) is 13.2. The standard InChI is InChI=1S/C13H17N3O2/c1-8(7-17)14-13-11-6-10(18-3)4-5-12(11)15-9(2)16-13/h4-6,8,17H,7H2,1-3H3,(H,14,15,16)/t8-/m0/s1. The first-order valence-electron chi connectivity index (χ1n) is 5.84. The Bertz CT molecular complexity index is 557. The topological polar surface area (TPSA) is 67.3 Å². The molecule has 0 bridgehead atoms. The second kappa shape index (κ2) is 5.18. The van der Waals surface area contributed by atoms with E-state index in [9.17, 15) is 0 Å². The van der Waals surface area contributed by atoms with Gasteiger partial charge < -0.3 is 15.2 Å². The van der Waals surface area contributed by atoms with Crippen LogP contribution in [0.3, 0.4) is 0 Å². The van der Waals surface area contributed by atoms with Gasteiger partial charge in [-0.15, -0.1) is 0 Å². The molecule has 2 aromatic rings. The third-order valence-electron chi connectivity index (χ3n) is 2.67. The number of fused-ring (bicyclic) bond motifs is 1. The Morgan fingerprint density at radius 2 is 2.17 bits per heavy atom. The average Bonchev–Trinajstić information content (AvgIpc) is 2.38. The van der Waals surface area contributed by atoms with Crippen LogP contribution in [0.25, 0.3) is 10.9 Å². The highest BCUT2D eigenvalue weighted by Gasteiger charge is 2.09. The molecule has 1 atom stereocenters. The van der Waals surface area contributed by atoms with Crippen LogP contribution < -0.4 is 10.1 Å². The average molecular weight is 247 g/mol. The van der Waals surface area contributed by atoms with E-state index < -0.39 is 0 Å². The minimum Gasteiger partial charge on any atom is -0.497 e. The number of aryl methyl sites for hydroxylation is 1. The highest BCUT2D eigenvalue weighted by molar-refractivity contribution is 5.90. The van der Waals surface area contributed by atoms with Gasteiger partial charge in [-0.2, -0.15) is 0 Å². The van der Waals surface area contributed by atoms with Gasteiger partial charge in [0, 0.05) is 11.4 Å². The Hall–Kier alpha value is -1.88. The normalized spacial score (nSPS) is 12.4. The van der Waals surface area contributed by atoms with Crippen LogP contribution in [0.1, 0.15) is 12.7 Å². The van der Waals surface area contributed by atoms with Gasteiger partial charge in [-0.25, -0.2) is 9.97 Å². The van der Waals surface area contributed by atoms with Gasteiger partial charge in [0.05, 0.1) is 19.2 Å². The summed E-state index contributed by atoms with van der Waals surface area (Å²) in [5.74, 6) is 2.17. The number of nitrogens with zero attached hydrogens (tertiary/aromatic N) is 2. The van der Waals surface area contributed by atoms with Crippen molar-refractivity contribution in [2.45, 2.75) is 19.9 Å². The molecular weight excluding hydrogens is 230 g/mol. The number of nitrogens with one attached hydrogen (secondary N) is 1. The van der Waals surface area contributed by atoms with Crippen molar-refractivity contribution in [1.29, 1.82) is 0 Å². The SMILES string of the molecule is COc1ccc2nc(C)nc(N[C@@H](C)CO)c2c1. The molecule has 0 aliphatic carbocycles. The molecule has 96 valence electrons. The highest BCUT2D eigenvalue weighted by atomic mass is 16.5. The number of benzene rings is 1. The van der Waals surface area contributed by atoms with Crippen molar-refractivity contribution >= 4 is 16.7 Å². The zero-order valence-corrected chi connectivity index (χ0v) is 10.8. The molecule has 18 heavy (non-hydrogen) atoms. The maximum Gasteiger partial charge on any atom is 0.138 e. The quantitative estimate of drug-likeness (QED) is 0.861. The monoisotopic (exact) mass is 247 g/mol. The predicted octanol–water partition coefficient (Wildman–Crippen LogP) is 1.74. The minimum atomic E-state index is -0.0614. The van der Waals surface area contributed by atoms with Crippen LogP contribution >= 0.6 is 0 Å². The minimum absolute atomic E-state index is 0.0501. The van der Waals surface area contributed by atoms with Crippen molar-refractivity contribution in [3.8, 4) is 5.75 Å². The molecule has 1 heterocycles. The van der Waals surface area contributed by atoms with Crippen molar-refractivity contribution < 1.29 is 9.84 Å². The van der Waals surface area contributed by atoms with E-state index in [4.69, 9.17) is 9.84 Å². The molecule has 0 saturated heterocycles. The van der Waals surface area contributed by atoms with Crippen LogP contribution in [0, 0.1) is 6.92 Å². The summed E-state index contributed by atoms with van der Waals surface area (Å²) in [6.07, 6.45) is 0. The molecule has 0 spiro atoms. The van der Waals surface area contributed by atoms with E-state index in [1.807, 2.05) is 32.0 Å². The Kier molecular flexibility index (Phi) is 3.62. The van der Waals surface area contributed by atoms with Gasteiger partial charge >= 0.3 is 0 Å². The van der Waals surface area contributed by atoms with Crippen LogP contribution in [0.4, 0.5) is 5.82 Å². The first-order valence-corrected chi connectivity index (χ1v) is 5.84. The molecule has 0 saturated carbocycles. The fraction of sp³-hybridized carbons (Fsp3) is 0.385. The summed E-state index contributed by atoms with van der Waals surface area (Å²) >= 11 is 0. The van der Waals surface area contributed by atoms with Gasteiger partial charge in [0.2, 0.25) is 0 Å².